The lowest BCUT2D eigenvalue weighted by atomic mass is 9.96. The number of carbonyl (C=O) groups is 3. The van der Waals surface area contributed by atoms with Crippen molar-refractivity contribution in [2.24, 2.45) is 0 Å². The second kappa shape index (κ2) is 17.7. The summed E-state index contributed by atoms with van der Waals surface area (Å²) in [6.07, 6.45) is 5.72. The predicted octanol–water partition coefficient (Wildman–Crippen LogP) is 9.46. The summed E-state index contributed by atoms with van der Waals surface area (Å²) in [5.74, 6) is -0.645. The maximum absolute atomic E-state index is 14.9. The number of ether oxygens (including phenoxy) is 1. The third kappa shape index (κ3) is 11.2. The average Bonchev–Trinajstić information content (AvgIpc) is 3.06. The summed E-state index contributed by atoms with van der Waals surface area (Å²) in [7, 11) is 0. The van der Waals surface area contributed by atoms with Crippen LogP contribution in [0.3, 0.4) is 0 Å². The van der Waals surface area contributed by atoms with E-state index in [1.807, 2.05) is 105 Å². The molecule has 0 spiro atoms. The van der Waals surface area contributed by atoms with E-state index < -0.39 is 23.8 Å². The number of benzene rings is 4. The van der Waals surface area contributed by atoms with Gasteiger partial charge in [-0.25, -0.2) is 4.79 Å². The van der Waals surface area contributed by atoms with E-state index in [9.17, 15) is 14.4 Å². The summed E-state index contributed by atoms with van der Waals surface area (Å²) in [5.41, 5.74) is 3.64. The molecule has 0 saturated heterocycles. The van der Waals surface area contributed by atoms with Crippen molar-refractivity contribution in [1.29, 1.82) is 0 Å². The van der Waals surface area contributed by atoms with Crippen LogP contribution >= 0.6 is 0 Å². The second-order valence-corrected chi connectivity index (χ2v) is 14.0. The van der Waals surface area contributed by atoms with Crippen LogP contribution in [0.25, 0.3) is 10.8 Å². The third-order valence-electron chi connectivity index (χ3n) is 8.73. The van der Waals surface area contributed by atoms with Gasteiger partial charge in [0.05, 0.1) is 0 Å². The number of carbonyl (C=O) groups excluding carboxylic acids is 3. The first-order valence-corrected chi connectivity index (χ1v) is 17.7. The number of alkyl carbamates (subject to hydrolysis) is 1. The zero-order valence-electron chi connectivity index (χ0n) is 30.1. The first-order valence-electron chi connectivity index (χ1n) is 17.7. The number of nitrogens with one attached hydrogen (secondary N) is 2. The molecule has 0 aliphatic heterocycles. The van der Waals surface area contributed by atoms with Gasteiger partial charge in [0.25, 0.3) is 5.91 Å². The summed E-state index contributed by atoms with van der Waals surface area (Å²) in [6.45, 7) is 12.0. The summed E-state index contributed by atoms with van der Waals surface area (Å²) >= 11 is 0. The zero-order chi connectivity index (χ0) is 35.4. The summed E-state index contributed by atoms with van der Waals surface area (Å²) in [5, 5.41) is 8.09. The molecule has 0 saturated carbocycles. The van der Waals surface area contributed by atoms with E-state index in [1.54, 1.807) is 25.7 Å². The Labute approximate surface area is 292 Å². The Balaban J connectivity index is 1.75. The number of anilines is 1. The Hall–Kier alpha value is -4.65. The second-order valence-electron chi connectivity index (χ2n) is 14.0. The number of fused-ring (bicyclic) bond motifs is 1. The smallest absolute Gasteiger partial charge is 0.408 e. The van der Waals surface area contributed by atoms with Crippen LogP contribution in [0, 0.1) is 13.8 Å². The quantitative estimate of drug-likeness (QED) is 0.124. The normalized spacial score (nSPS) is 12.6. The molecule has 4 aromatic carbocycles. The number of hydrogen-bond donors (Lipinski definition) is 2. The summed E-state index contributed by atoms with van der Waals surface area (Å²) in [4.78, 5) is 44.3. The number of amides is 3. The van der Waals surface area contributed by atoms with Gasteiger partial charge in [0, 0.05) is 18.7 Å². The lowest BCUT2D eigenvalue weighted by molar-refractivity contribution is -0.140. The summed E-state index contributed by atoms with van der Waals surface area (Å²) < 4.78 is 5.61. The highest BCUT2D eigenvalue weighted by Crippen LogP contribution is 2.28. The van der Waals surface area contributed by atoms with Crippen molar-refractivity contribution >= 4 is 34.4 Å². The molecule has 0 radical (unpaired) electrons. The largest absolute Gasteiger partial charge is 0.444 e. The molecule has 2 atom stereocenters. The highest BCUT2D eigenvalue weighted by atomic mass is 16.6. The molecular weight excluding hydrogens is 610 g/mol. The number of rotatable bonds is 15. The van der Waals surface area contributed by atoms with Crippen molar-refractivity contribution in [2.45, 2.75) is 104 Å². The van der Waals surface area contributed by atoms with Crippen LogP contribution < -0.4 is 10.6 Å². The third-order valence-corrected chi connectivity index (χ3v) is 8.73. The number of unbranched alkanes of at least 4 members (excludes halogenated alkanes) is 5. The molecular formula is C42H53N3O4. The maximum atomic E-state index is 14.9. The van der Waals surface area contributed by atoms with Crippen molar-refractivity contribution in [3.05, 3.63) is 113 Å². The number of aryl methyl sites for hydroxylation is 2. The molecule has 2 unspecified atom stereocenters. The predicted molar refractivity (Wildman–Crippen MR) is 200 cm³/mol. The monoisotopic (exact) mass is 663 g/mol. The van der Waals surface area contributed by atoms with Gasteiger partial charge in [0.1, 0.15) is 17.7 Å². The van der Waals surface area contributed by atoms with Gasteiger partial charge in [-0.15, -0.1) is 0 Å². The number of hydrogen-bond acceptors (Lipinski definition) is 4. The Bertz CT molecular complexity index is 1700. The highest BCUT2D eigenvalue weighted by Gasteiger charge is 2.36. The summed E-state index contributed by atoms with van der Waals surface area (Å²) in [6, 6.07) is 27.4. The SMILES string of the molecule is CCCCCCCCN(C(=O)C(Cc1ccccc1)NC(=O)OC(C)(C)C)C(C(=O)Nc1ccc2ccccc2c1)c1ccc(C)c(C)c1. The first-order chi connectivity index (χ1) is 23.4. The molecule has 0 heterocycles. The first kappa shape index (κ1) is 37.2. The molecule has 260 valence electrons. The molecule has 4 rings (SSSR count). The van der Waals surface area contributed by atoms with E-state index >= 15 is 0 Å². The van der Waals surface area contributed by atoms with E-state index in [0.29, 0.717) is 12.2 Å². The molecule has 0 aliphatic rings. The van der Waals surface area contributed by atoms with Crippen LogP contribution in [0.15, 0.2) is 91.0 Å². The van der Waals surface area contributed by atoms with E-state index in [0.717, 1.165) is 65.1 Å². The van der Waals surface area contributed by atoms with E-state index in [4.69, 9.17) is 4.74 Å². The molecule has 0 aromatic heterocycles. The standard InChI is InChI=1S/C42H53N3O4/c1-7-8-9-10-11-17-26-45(40(47)37(28-32-18-13-12-14-19-32)44-41(48)49-42(4,5)6)38(35-23-22-30(2)31(3)27-35)39(46)43-36-25-24-33-20-15-16-21-34(33)29-36/h12-16,18-25,27,29,37-38H,7-11,17,26,28H2,1-6H3,(H,43,46)(H,44,48). The van der Waals surface area contributed by atoms with Gasteiger partial charge in [-0.1, -0.05) is 118 Å². The van der Waals surface area contributed by atoms with Gasteiger partial charge in [0.2, 0.25) is 5.91 Å². The van der Waals surface area contributed by atoms with Crippen molar-refractivity contribution in [2.75, 3.05) is 11.9 Å². The van der Waals surface area contributed by atoms with Gasteiger partial charge in [-0.05, 0) is 86.2 Å². The Morgan fingerprint density at radius 3 is 2.12 bits per heavy atom. The van der Waals surface area contributed by atoms with Crippen LogP contribution in [0.5, 0.6) is 0 Å². The molecule has 0 fully saturated rings. The fourth-order valence-corrected chi connectivity index (χ4v) is 6.01. The maximum Gasteiger partial charge on any atom is 0.408 e. The Morgan fingerprint density at radius 2 is 1.43 bits per heavy atom. The molecule has 49 heavy (non-hydrogen) atoms. The van der Waals surface area contributed by atoms with Gasteiger partial charge >= 0.3 is 6.09 Å². The van der Waals surface area contributed by atoms with E-state index in [1.165, 1.54) is 6.42 Å². The van der Waals surface area contributed by atoms with Crippen LogP contribution in [0.2, 0.25) is 0 Å². The van der Waals surface area contributed by atoms with Crippen LogP contribution in [0.4, 0.5) is 10.5 Å². The highest BCUT2D eigenvalue weighted by molar-refractivity contribution is 6.00. The Kier molecular flexibility index (Phi) is 13.4. The zero-order valence-corrected chi connectivity index (χ0v) is 30.1. The molecule has 0 aliphatic carbocycles. The minimum Gasteiger partial charge on any atom is -0.444 e. The van der Waals surface area contributed by atoms with Crippen LogP contribution in [-0.4, -0.2) is 41.0 Å². The topological polar surface area (TPSA) is 87.7 Å². The van der Waals surface area contributed by atoms with Gasteiger partial charge in [-0.3, -0.25) is 9.59 Å². The van der Waals surface area contributed by atoms with Crippen LogP contribution in [-0.2, 0) is 20.7 Å². The molecule has 4 aromatic rings. The number of nitrogens with zero attached hydrogens (tertiary/aromatic N) is 1. The molecule has 7 heteroatoms. The molecule has 3 amide bonds. The van der Waals surface area contributed by atoms with Crippen molar-refractivity contribution in [3.63, 3.8) is 0 Å². The van der Waals surface area contributed by atoms with Crippen molar-refractivity contribution in [3.8, 4) is 0 Å². The van der Waals surface area contributed by atoms with Crippen molar-refractivity contribution in [1.82, 2.24) is 10.2 Å². The van der Waals surface area contributed by atoms with E-state index in [-0.39, 0.29) is 18.2 Å². The van der Waals surface area contributed by atoms with Crippen LogP contribution in [0.1, 0.15) is 94.5 Å². The average molecular weight is 664 g/mol. The fourth-order valence-electron chi connectivity index (χ4n) is 6.01. The minimum absolute atomic E-state index is 0.248. The lowest BCUT2D eigenvalue weighted by Gasteiger charge is -2.35. The molecule has 7 nitrogen and oxygen atoms in total. The minimum atomic E-state index is -0.958. The fraction of sp³-hybridized carbons (Fsp3) is 0.405. The van der Waals surface area contributed by atoms with Gasteiger partial charge in [0.15, 0.2) is 0 Å². The van der Waals surface area contributed by atoms with E-state index in [2.05, 4.69) is 17.6 Å². The van der Waals surface area contributed by atoms with Gasteiger partial charge in [-0.2, -0.15) is 0 Å². The lowest BCUT2D eigenvalue weighted by Crippen LogP contribution is -2.53. The Morgan fingerprint density at radius 1 is 0.755 bits per heavy atom. The molecule has 0 bridgehead atoms. The van der Waals surface area contributed by atoms with Gasteiger partial charge < -0.3 is 20.3 Å². The molecule has 2 N–H and O–H groups in total. The van der Waals surface area contributed by atoms with Crippen molar-refractivity contribution < 1.29 is 19.1 Å².